The lowest BCUT2D eigenvalue weighted by Gasteiger charge is -2.29. The van der Waals surface area contributed by atoms with Crippen molar-refractivity contribution in [3.63, 3.8) is 0 Å². The molecule has 2 aromatic rings. The summed E-state index contributed by atoms with van der Waals surface area (Å²) in [7, 11) is -1.42. The van der Waals surface area contributed by atoms with Crippen LogP contribution in [0.15, 0.2) is 54.6 Å². The van der Waals surface area contributed by atoms with Crippen molar-refractivity contribution in [3.8, 4) is 0 Å². The molecule has 1 saturated carbocycles. The van der Waals surface area contributed by atoms with Crippen molar-refractivity contribution in [2.45, 2.75) is 84.0 Å². The van der Waals surface area contributed by atoms with Gasteiger partial charge in [0.1, 0.15) is 6.10 Å². The Kier molecular flexibility index (Phi) is 10.3. The van der Waals surface area contributed by atoms with Gasteiger partial charge in [-0.2, -0.15) is 0 Å². The zero-order chi connectivity index (χ0) is 24.6. The summed E-state index contributed by atoms with van der Waals surface area (Å²) in [4.78, 5) is 0. The zero-order valence-electron chi connectivity index (χ0n) is 21.6. The lowest BCUT2D eigenvalue weighted by atomic mass is 9.87. The summed E-state index contributed by atoms with van der Waals surface area (Å²) in [6.45, 7) is 12.7. The van der Waals surface area contributed by atoms with Crippen LogP contribution >= 0.6 is 0 Å². The van der Waals surface area contributed by atoms with E-state index in [0.717, 1.165) is 25.7 Å². The number of aliphatic hydroxyl groups excluding tert-OH is 1. The Hall–Kier alpha value is -1.50. The third kappa shape index (κ3) is 8.62. The van der Waals surface area contributed by atoms with E-state index in [1.165, 1.54) is 15.9 Å². The van der Waals surface area contributed by atoms with Gasteiger partial charge in [0.2, 0.25) is 0 Å². The first kappa shape index (κ1) is 27.1. The highest BCUT2D eigenvalue weighted by Crippen LogP contribution is 2.22. The second-order valence-electron chi connectivity index (χ2n) is 11.0. The van der Waals surface area contributed by atoms with Crippen molar-refractivity contribution in [2.24, 2.45) is 5.92 Å². The van der Waals surface area contributed by atoms with Crippen LogP contribution in [0.3, 0.4) is 0 Å². The molecule has 1 aliphatic rings. The van der Waals surface area contributed by atoms with Crippen molar-refractivity contribution >= 4 is 19.4 Å². The first-order chi connectivity index (χ1) is 16.2. The van der Waals surface area contributed by atoms with E-state index in [-0.39, 0.29) is 23.7 Å². The number of aliphatic hydroxyl groups is 1. The molecule has 0 spiro atoms. The van der Waals surface area contributed by atoms with Gasteiger partial charge >= 0.3 is 0 Å². The fraction of sp³-hybridized carbons (Fsp3) is 0.586. The molecule has 0 aliphatic heterocycles. The molecule has 5 heteroatoms. The number of rotatable bonds is 11. The van der Waals surface area contributed by atoms with Crippen LogP contribution in [0.25, 0.3) is 0 Å². The monoisotopic (exact) mass is 483 g/mol. The van der Waals surface area contributed by atoms with Crippen LogP contribution < -0.4 is 10.4 Å². The van der Waals surface area contributed by atoms with E-state index in [1.807, 2.05) is 6.07 Å². The quantitative estimate of drug-likeness (QED) is 0.479. The third-order valence-corrected chi connectivity index (χ3v) is 8.41. The summed E-state index contributed by atoms with van der Waals surface area (Å²) in [5, 5.41) is 12.5. The Morgan fingerprint density at radius 3 is 2.21 bits per heavy atom. The fourth-order valence-electron chi connectivity index (χ4n) is 4.21. The van der Waals surface area contributed by atoms with Crippen LogP contribution in [0, 0.1) is 5.92 Å². The zero-order valence-corrected chi connectivity index (χ0v) is 22.6. The topological polar surface area (TPSA) is 47.9 Å². The SMILES string of the molecule is CC(C)COC(CO[C@H]1CCC[C@@H](O)C1)CO[Si](c1ccccc1)c1ccc(C(C)(C)C)cc1. The lowest BCUT2D eigenvalue weighted by Crippen LogP contribution is -2.47. The molecule has 34 heavy (non-hydrogen) atoms. The standard InChI is InChI=1S/C29H43O4Si/c1-22(2)19-31-26(20-32-25-11-9-10-24(30)18-25)21-33-34(27-12-7-6-8-13-27)28-16-14-23(15-17-28)29(3,4)5/h6-8,12-17,22,24-26,30H,9-11,18-21H2,1-5H3/t24-,25+,26?/m1/s1. The van der Waals surface area contributed by atoms with Gasteiger partial charge in [-0.15, -0.1) is 0 Å². The van der Waals surface area contributed by atoms with Crippen LogP contribution in [0.5, 0.6) is 0 Å². The maximum Gasteiger partial charge on any atom is 0.283 e. The van der Waals surface area contributed by atoms with Gasteiger partial charge in [-0.1, -0.05) is 89.2 Å². The van der Waals surface area contributed by atoms with Crippen LogP contribution in [0.2, 0.25) is 0 Å². The molecule has 187 valence electrons. The molecule has 0 amide bonds. The van der Waals surface area contributed by atoms with E-state index < -0.39 is 9.04 Å². The molecule has 1 unspecified atom stereocenters. The summed E-state index contributed by atoms with van der Waals surface area (Å²) in [6.07, 6.45) is 3.37. The van der Waals surface area contributed by atoms with E-state index in [4.69, 9.17) is 13.9 Å². The molecule has 1 N–H and O–H groups in total. The van der Waals surface area contributed by atoms with Gasteiger partial charge in [-0.3, -0.25) is 0 Å². The van der Waals surface area contributed by atoms with Crippen LogP contribution in [-0.4, -0.2) is 52.3 Å². The molecule has 0 heterocycles. The van der Waals surface area contributed by atoms with E-state index in [1.54, 1.807) is 0 Å². The first-order valence-electron chi connectivity index (χ1n) is 12.8. The molecule has 1 radical (unpaired) electrons. The molecule has 0 bridgehead atoms. The summed E-state index contributed by atoms with van der Waals surface area (Å²) in [6, 6.07) is 19.5. The normalized spacial score (nSPS) is 20.1. The smallest absolute Gasteiger partial charge is 0.283 e. The fourth-order valence-corrected chi connectivity index (χ4v) is 6.19. The number of hydrogen-bond acceptors (Lipinski definition) is 4. The number of ether oxygens (including phenoxy) is 2. The van der Waals surface area contributed by atoms with E-state index in [2.05, 4.69) is 83.1 Å². The average Bonchev–Trinajstić information content (AvgIpc) is 2.81. The molecule has 2 aromatic carbocycles. The van der Waals surface area contributed by atoms with Gasteiger partial charge in [-0.25, -0.2) is 0 Å². The summed E-state index contributed by atoms with van der Waals surface area (Å²) in [5.41, 5.74) is 1.45. The van der Waals surface area contributed by atoms with Gasteiger partial charge in [-0.05, 0) is 53.0 Å². The van der Waals surface area contributed by atoms with Crippen LogP contribution in [-0.2, 0) is 19.3 Å². The molecule has 0 saturated heterocycles. The molecule has 1 aliphatic carbocycles. The second kappa shape index (κ2) is 13.0. The van der Waals surface area contributed by atoms with Gasteiger partial charge in [0, 0.05) is 6.61 Å². The van der Waals surface area contributed by atoms with Crippen molar-refractivity contribution in [3.05, 3.63) is 60.2 Å². The molecule has 1 fully saturated rings. The third-order valence-electron chi connectivity index (χ3n) is 6.24. The molecule has 3 atom stereocenters. The minimum Gasteiger partial charge on any atom is -0.405 e. The van der Waals surface area contributed by atoms with Crippen molar-refractivity contribution in [1.82, 2.24) is 0 Å². The van der Waals surface area contributed by atoms with Crippen molar-refractivity contribution < 1.29 is 19.0 Å². The maximum atomic E-state index is 9.99. The molecule has 3 rings (SSSR count). The predicted molar refractivity (Wildman–Crippen MR) is 141 cm³/mol. The highest BCUT2D eigenvalue weighted by molar-refractivity contribution is 6.80. The minimum absolute atomic E-state index is 0.109. The molecular formula is C29H43O4Si. The highest BCUT2D eigenvalue weighted by Gasteiger charge is 2.25. The Bertz CT molecular complexity index is 831. The number of benzene rings is 2. The summed E-state index contributed by atoms with van der Waals surface area (Å²) < 4.78 is 19.0. The Morgan fingerprint density at radius 2 is 1.59 bits per heavy atom. The largest absolute Gasteiger partial charge is 0.405 e. The van der Waals surface area contributed by atoms with Crippen molar-refractivity contribution in [2.75, 3.05) is 19.8 Å². The van der Waals surface area contributed by atoms with Gasteiger partial charge in [0.25, 0.3) is 9.04 Å². The van der Waals surface area contributed by atoms with E-state index in [9.17, 15) is 5.11 Å². The second-order valence-corrected chi connectivity index (χ2v) is 13.1. The van der Waals surface area contributed by atoms with Crippen molar-refractivity contribution in [1.29, 1.82) is 0 Å². The molecule has 0 aromatic heterocycles. The Balaban J connectivity index is 1.70. The predicted octanol–water partition coefficient (Wildman–Crippen LogP) is 4.47. The van der Waals surface area contributed by atoms with Gasteiger partial charge in [0.05, 0.1) is 25.4 Å². The van der Waals surface area contributed by atoms with E-state index in [0.29, 0.717) is 25.7 Å². The van der Waals surface area contributed by atoms with Gasteiger partial charge in [0.15, 0.2) is 0 Å². The number of hydrogen-bond donors (Lipinski definition) is 1. The van der Waals surface area contributed by atoms with E-state index >= 15 is 0 Å². The van der Waals surface area contributed by atoms with Gasteiger partial charge < -0.3 is 19.0 Å². The lowest BCUT2D eigenvalue weighted by molar-refractivity contribution is -0.0835. The molecular weight excluding hydrogens is 440 g/mol. The minimum atomic E-state index is -1.42. The van der Waals surface area contributed by atoms with Crippen LogP contribution in [0.1, 0.15) is 65.9 Å². The molecule has 4 nitrogen and oxygen atoms in total. The van der Waals surface area contributed by atoms with Crippen LogP contribution in [0.4, 0.5) is 0 Å². The maximum absolute atomic E-state index is 9.99. The first-order valence-corrected chi connectivity index (χ1v) is 14.2. The summed E-state index contributed by atoms with van der Waals surface area (Å²) in [5.74, 6) is 0.447. The average molecular weight is 484 g/mol. The Morgan fingerprint density at radius 1 is 0.912 bits per heavy atom. The highest BCUT2D eigenvalue weighted by atomic mass is 28.3. The summed E-state index contributed by atoms with van der Waals surface area (Å²) >= 11 is 0. The Labute approximate surface area is 208 Å².